The van der Waals surface area contributed by atoms with Crippen molar-refractivity contribution in [3.8, 4) is 5.88 Å². The van der Waals surface area contributed by atoms with E-state index in [0.29, 0.717) is 10.8 Å². The number of pyridine rings is 1. The first-order valence-electron chi connectivity index (χ1n) is 3.02. The van der Waals surface area contributed by atoms with Gasteiger partial charge in [0, 0.05) is 16.7 Å². The second-order valence-corrected chi connectivity index (χ2v) is 3.96. The van der Waals surface area contributed by atoms with Crippen molar-refractivity contribution in [3.05, 3.63) is 16.7 Å². The first-order valence-corrected chi connectivity index (χ1v) is 5.06. The molecule has 1 atom stereocenters. The molecule has 0 radical (unpaired) electrons. The Balaban J connectivity index is 3.12. The molecule has 1 heterocycles. The molecule has 0 amide bonds. The fourth-order valence-corrected chi connectivity index (χ4v) is 1.76. The third-order valence-corrected chi connectivity index (χ3v) is 2.38. The molecule has 0 saturated carbocycles. The Morgan fingerprint density at radius 1 is 1.75 bits per heavy atom. The molecule has 4 nitrogen and oxygen atoms in total. The summed E-state index contributed by atoms with van der Waals surface area (Å²) in [6.07, 6.45) is 1.58. The summed E-state index contributed by atoms with van der Waals surface area (Å²) in [6.45, 7) is 0. The van der Waals surface area contributed by atoms with Gasteiger partial charge in [-0.15, -0.1) is 5.14 Å². The average molecular weight is 252 g/mol. The Morgan fingerprint density at radius 3 is 2.92 bits per heavy atom. The molecule has 1 aromatic rings. The molecule has 12 heavy (non-hydrogen) atoms. The summed E-state index contributed by atoms with van der Waals surface area (Å²) in [7, 11) is 1.48. The largest absolute Gasteiger partial charge is 0.477 e. The van der Waals surface area contributed by atoms with Gasteiger partial charge in [-0.25, -0.2) is 4.98 Å². The van der Waals surface area contributed by atoms with Crippen LogP contribution in [0.2, 0.25) is 0 Å². The molecule has 1 aromatic heterocycles. The third kappa shape index (κ3) is 2.10. The van der Waals surface area contributed by atoms with Crippen LogP contribution in [0.4, 0.5) is 0 Å². The standard InChI is InChI=1S/C6H8BrN2O2S/c1-11-6-5(12(8)10)2-4(7)3-9-6/h2-3,10H,8H2,1H3/q+1. The Kier molecular flexibility index (Phi) is 3.33. The topological polar surface area (TPSA) is 68.4 Å². The van der Waals surface area contributed by atoms with Crippen LogP contribution in [0.3, 0.4) is 0 Å². The lowest BCUT2D eigenvalue weighted by Gasteiger charge is -2.00. The lowest BCUT2D eigenvalue weighted by molar-refractivity contribution is 0.385. The molecule has 0 aliphatic heterocycles. The monoisotopic (exact) mass is 251 g/mol. The van der Waals surface area contributed by atoms with E-state index in [1.807, 2.05) is 0 Å². The molecule has 0 aliphatic carbocycles. The molecule has 6 heteroatoms. The van der Waals surface area contributed by atoms with Gasteiger partial charge >= 0.3 is 0 Å². The normalized spacial score (nSPS) is 12.7. The highest BCUT2D eigenvalue weighted by Crippen LogP contribution is 2.22. The Labute approximate surface area is 81.6 Å². The van der Waals surface area contributed by atoms with E-state index in [1.54, 1.807) is 12.3 Å². The zero-order chi connectivity index (χ0) is 9.14. The van der Waals surface area contributed by atoms with E-state index in [0.717, 1.165) is 4.47 Å². The molecule has 0 aromatic carbocycles. The Morgan fingerprint density at radius 2 is 2.42 bits per heavy atom. The van der Waals surface area contributed by atoms with Gasteiger partial charge in [-0.3, -0.25) is 0 Å². The summed E-state index contributed by atoms with van der Waals surface area (Å²) in [4.78, 5) is 4.41. The van der Waals surface area contributed by atoms with E-state index >= 15 is 0 Å². The first-order chi connectivity index (χ1) is 5.65. The zero-order valence-electron chi connectivity index (χ0n) is 6.32. The lowest BCUT2D eigenvalue weighted by Crippen LogP contribution is -2.13. The van der Waals surface area contributed by atoms with Crippen LogP contribution in [-0.2, 0) is 11.4 Å². The van der Waals surface area contributed by atoms with Crippen LogP contribution >= 0.6 is 15.9 Å². The molecule has 1 rings (SSSR count). The highest BCUT2D eigenvalue weighted by atomic mass is 79.9. The maximum absolute atomic E-state index is 9.12. The average Bonchev–Trinajstić information content (AvgIpc) is 2.04. The van der Waals surface area contributed by atoms with Crippen LogP contribution in [0.5, 0.6) is 5.88 Å². The summed E-state index contributed by atoms with van der Waals surface area (Å²) in [5, 5.41) is 5.30. The minimum Gasteiger partial charge on any atom is -0.477 e. The second kappa shape index (κ2) is 4.08. The SMILES string of the molecule is COc1ncc(Br)cc1[S+](N)O. The number of ether oxygens (including phenoxy) is 1. The van der Waals surface area contributed by atoms with Gasteiger partial charge in [0.2, 0.25) is 0 Å². The second-order valence-electron chi connectivity index (χ2n) is 1.98. The number of nitrogens with zero attached hydrogens (tertiary/aromatic N) is 1. The molecule has 0 aliphatic rings. The molecule has 0 bridgehead atoms. The summed E-state index contributed by atoms with van der Waals surface area (Å²) in [5.74, 6) is 0.353. The Bertz CT molecular complexity index is 282. The lowest BCUT2D eigenvalue weighted by atomic mass is 10.5. The van der Waals surface area contributed by atoms with Gasteiger partial charge in [-0.2, -0.15) is 4.55 Å². The molecule has 3 N–H and O–H groups in total. The van der Waals surface area contributed by atoms with Crippen molar-refractivity contribution in [2.45, 2.75) is 4.90 Å². The smallest absolute Gasteiger partial charge is 0.278 e. The maximum atomic E-state index is 9.12. The van der Waals surface area contributed by atoms with Crippen LogP contribution in [0.1, 0.15) is 0 Å². The van der Waals surface area contributed by atoms with Crippen LogP contribution in [0.15, 0.2) is 21.6 Å². The van der Waals surface area contributed by atoms with E-state index < -0.39 is 11.4 Å². The first kappa shape index (κ1) is 9.79. The van der Waals surface area contributed by atoms with E-state index in [2.05, 4.69) is 20.9 Å². The fraction of sp³-hybridized carbons (Fsp3) is 0.167. The zero-order valence-corrected chi connectivity index (χ0v) is 8.72. The summed E-state index contributed by atoms with van der Waals surface area (Å²) in [5.41, 5.74) is 0. The predicted molar refractivity (Wildman–Crippen MR) is 50.9 cm³/mol. The summed E-state index contributed by atoms with van der Waals surface area (Å²) >= 11 is 1.90. The molecule has 0 spiro atoms. The minimum atomic E-state index is -1.32. The van der Waals surface area contributed by atoms with Crippen molar-refractivity contribution >= 4 is 27.3 Å². The number of aromatic nitrogens is 1. The van der Waals surface area contributed by atoms with Crippen LogP contribution < -0.4 is 9.88 Å². The number of hydrogen-bond acceptors (Lipinski definition) is 4. The number of methoxy groups -OCH3 is 1. The number of rotatable bonds is 2. The molecule has 66 valence electrons. The van der Waals surface area contributed by atoms with E-state index in [4.69, 9.17) is 14.4 Å². The number of nitrogens with two attached hydrogens (primary N) is 1. The minimum absolute atomic E-state index is 0.353. The van der Waals surface area contributed by atoms with Gasteiger partial charge in [0.15, 0.2) is 0 Å². The van der Waals surface area contributed by atoms with Crippen molar-refractivity contribution in [2.75, 3.05) is 7.11 Å². The molecular weight excluding hydrogens is 244 g/mol. The van der Waals surface area contributed by atoms with Gasteiger partial charge in [-0.1, -0.05) is 0 Å². The number of halogens is 1. The summed E-state index contributed by atoms with van der Waals surface area (Å²) in [6, 6.07) is 1.68. The van der Waals surface area contributed by atoms with E-state index in [1.165, 1.54) is 7.11 Å². The third-order valence-electron chi connectivity index (χ3n) is 1.20. The van der Waals surface area contributed by atoms with Crippen molar-refractivity contribution in [3.63, 3.8) is 0 Å². The highest BCUT2D eigenvalue weighted by molar-refractivity contribution is 9.10. The van der Waals surface area contributed by atoms with Crippen LogP contribution in [0, 0.1) is 0 Å². The van der Waals surface area contributed by atoms with Crippen molar-refractivity contribution in [2.24, 2.45) is 5.14 Å². The van der Waals surface area contributed by atoms with Crippen molar-refractivity contribution < 1.29 is 9.29 Å². The molecular formula is C6H8BrN2O2S+. The quantitative estimate of drug-likeness (QED) is 0.775. The van der Waals surface area contributed by atoms with Gasteiger partial charge in [-0.05, 0) is 15.9 Å². The summed E-state index contributed by atoms with van der Waals surface area (Å²) < 4.78 is 14.8. The van der Waals surface area contributed by atoms with Gasteiger partial charge < -0.3 is 4.74 Å². The van der Waals surface area contributed by atoms with Crippen molar-refractivity contribution in [1.29, 1.82) is 0 Å². The maximum Gasteiger partial charge on any atom is 0.278 e. The highest BCUT2D eigenvalue weighted by Gasteiger charge is 2.22. The van der Waals surface area contributed by atoms with Gasteiger partial charge in [0.05, 0.1) is 7.11 Å². The Hall–Kier alpha value is -0.300. The van der Waals surface area contributed by atoms with Gasteiger partial charge in [0.1, 0.15) is 0 Å². The van der Waals surface area contributed by atoms with Gasteiger partial charge in [0.25, 0.3) is 22.1 Å². The van der Waals surface area contributed by atoms with Crippen LogP contribution in [-0.4, -0.2) is 16.6 Å². The molecule has 0 saturated heterocycles. The van der Waals surface area contributed by atoms with Crippen molar-refractivity contribution in [1.82, 2.24) is 4.98 Å². The van der Waals surface area contributed by atoms with Crippen LogP contribution in [0.25, 0.3) is 0 Å². The molecule has 1 unspecified atom stereocenters. The molecule has 0 fully saturated rings. The number of hydrogen-bond donors (Lipinski definition) is 2. The van der Waals surface area contributed by atoms with E-state index in [-0.39, 0.29) is 0 Å². The van der Waals surface area contributed by atoms with E-state index in [9.17, 15) is 0 Å². The predicted octanol–water partition coefficient (Wildman–Crippen LogP) is 1.18. The fourth-order valence-electron chi connectivity index (χ4n) is 0.711.